The molecule has 5 heteroatoms. The quantitative estimate of drug-likeness (QED) is 0.829. The Morgan fingerprint density at radius 3 is 3.10 bits per heavy atom. The van der Waals surface area contributed by atoms with Gasteiger partial charge in [-0.25, -0.2) is 0 Å². The molecule has 2 heterocycles. The van der Waals surface area contributed by atoms with E-state index in [2.05, 4.69) is 21.3 Å². The summed E-state index contributed by atoms with van der Waals surface area (Å²) in [5, 5.41) is 2.89. The highest BCUT2D eigenvalue weighted by molar-refractivity contribution is 5.78. The molecule has 1 aromatic heterocycles. The van der Waals surface area contributed by atoms with Crippen molar-refractivity contribution in [3.8, 4) is 0 Å². The molecule has 0 radical (unpaired) electrons. The van der Waals surface area contributed by atoms with Crippen molar-refractivity contribution in [2.45, 2.75) is 26.3 Å². The van der Waals surface area contributed by atoms with E-state index in [-0.39, 0.29) is 11.8 Å². The third kappa shape index (κ3) is 4.28. The number of nitrogens with one attached hydrogen (secondary N) is 1. The summed E-state index contributed by atoms with van der Waals surface area (Å²) in [5.74, 6) is 0.232. The minimum atomic E-state index is 0.0914. The fourth-order valence-corrected chi connectivity index (χ4v) is 2.60. The van der Waals surface area contributed by atoms with Gasteiger partial charge in [0.05, 0.1) is 5.92 Å². The number of carbonyl (C=O) groups is 1. The van der Waals surface area contributed by atoms with Crippen molar-refractivity contribution < 1.29 is 4.79 Å². The van der Waals surface area contributed by atoms with Crippen LogP contribution in [0.25, 0.3) is 0 Å². The van der Waals surface area contributed by atoms with Crippen molar-refractivity contribution in [1.29, 1.82) is 0 Å². The molecule has 2 rings (SSSR count). The van der Waals surface area contributed by atoms with Crippen LogP contribution in [-0.2, 0) is 11.3 Å². The fraction of sp³-hybridized carbons (Fsp3) is 0.600. The molecule has 0 aromatic carbocycles. The van der Waals surface area contributed by atoms with Gasteiger partial charge in [-0.2, -0.15) is 0 Å². The van der Waals surface area contributed by atoms with Gasteiger partial charge >= 0.3 is 0 Å². The van der Waals surface area contributed by atoms with Gasteiger partial charge in [-0.15, -0.1) is 0 Å². The maximum absolute atomic E-state index is 12.0. The highest BCUT2D eigenvalue weighted by Gasteiger charge is 2.25. The lowest BCUT2D eigenvalue weighted by Crippen LogP contribution is -2.43. The Hall–Kier alpha value is -1.46. The number of hydrogen-bond donors (Lipinski definition) is 2. The largest absolute Gasteiger partial charge is 0.355 e. The van der Waals surface area contributed by atoms with Crippen LogP contribution in [0.2, 0.25) is 0 Å². The molecular formula is C15H24N4O. The standard InChI is InChI=1S/C15H24N4O/c1-12-4-5-13(9-18-12)10-19-8-2-3-14(11-19)15(20)17-7-6-16/h4-5,9,14H,2-3,6-8,10-11,16H2,1H3,(H,17,20). The third-order valence-corrected chi connectivity index (χ3v) is 3.70. The molecule has 1 saturated heterocycles. The maximum atomic E-state index is 12.0. The molecule has 3 N–H and O–H groups in total. The Labute approximate surface area is 120 Å². The first kappa shape index (κ1) is 14.9. The van der Waals surface area contributed by atoms with E-state index in [1.165, 1.54) is 5.56 Å². The summed E-state index contributed by atoms with van der Waals surface area (Å²) in [6.07, 6.45) is 3.96. The summed E-state index contributed by atoms with van der Waals surface area (Å²) in [6.45, 7) is 5.80. The fourth-order valence-electron chi connectivity index (χ4n) is 2.60. The molecule has 1 aliphatic rings. The molecule has 1 amide bonds. The normalized spacial score (nSPS) is 19.8. The predicted molar refractivity (Wildman–Crippen MR) is 79.0 cm³/mol. The first-order valence-electron chi connectivity index (χ1n) is 7.30. The summed E-state index contributed by atoms with van der Waals surface area (Å²) in [6, 6.07) is 4.14. The Balaban J connectivity index is 1.86. The molecule has 1 aliphatic heterocycles. The van der Waals surface area contributed by atoms with Gasteiger partial charge in [0.1, 0.15) is 0 Å². The number of aryl methyl sites for hydroxylation is 1. The first-order valence-corrected chi connectivity index (χ1v) is 7.30. The Morgan fingerprint density at radius 1 is 1.55 bits per heavy atom. The number of likely N-dealkylation sites (tertiary alicyclic amines) is 1. The zero-order chi connectivity index (χ0) is 14.4. The van der Waals surface area contributed by atoms with Crippen molar-refractivity contribution in [1.82, 2.24) is 15.2 Å². The van der Waals surface area contributed by atoms with Gasteiger partial charge in [0.2, 0.25) is 5.91 Å². The number of nitrogens with two attached hydrogens (primary N) is 1. The molecule has 1 unspecified atom stereocenters. The van der Waals surface area contributed by atoms with Gasteiger partial charge < -0.3 is 11.1 Å². The van der Waals surface area contributed by atoms with Crippen molar-refractivity contribution in [2.75, 3.05) is 26.2 Å². The van der Waals surface area contributed by atoms with E-state index in [1.54, 1.807) is 0 Å². The molecule has 1 aromatic rings. The summed E-state index contributed by atoms with van der Waals surface area (Å²) in [4.78, 5) is 18.6. The van der Waals surface area contributed by atoms with E-state index < -0.39 is 0 Å². The molecule has 1 fully saturated rings. The second-order valence-corrected chi connectivity index (χ2v) is 5.46. The van der Waals surface area contributed by atoms with E-state index in [0.29, 0.717) is 13.1 Å². The van der Waals surface area contributed by atoms with Crippen molar-refractivity contribution in [3.63, 3.8) is 0 Å². The van der Waals surface area contributed by atoms with Gasteiger partial charge in [-0.1, -0.05) is 6.07 Å². The lowest BCUT2D eigenvalue weighted by Gasteiger charge is -2.31. The molecule has 0 aliphatic carbocycles. The minimum absolute atomic E-state index is 0.0914. The number of rotatable bonds is 5. The first-order chi connectivity index (χ1) is 9.69. The van der Waals surface area contributed by atoms with Gasteiger partial charge in [0, 0.05) is 38.1 Å². The predicted octanol–water partition coefficient (Wildman–Crippen LogP) is 0.677. The van der Waals surface area contributed by atoms with Gasteiger partial charge in [0.25, 0.3) is 0 Å². The van der Waals surface area contributed by atoms with Crippen LogP contribution >= 0.6 is 0 Å². The summed E-state index contributed by atoms with van der Waals surface area (Å²) < 4.78 is 0. The van der Waals surface area contributed by atoms with Gasteiger partial charge in [0.15, 0.2) is 0 Å². The van der Waals surface area contributed by atoms with Crippen LogP contribution in [-0.4, -0.2) is 42.0 Å². The van der Waals surface area contributed by atoms with Crippen LogP contribution < -0.4 is 11.1 Å². The van der Waals surface area contributed by atoms with Crippen LogP contribution in [0, 0.1) is 12.8 Å². The average molecular weight is 276 g/mol. The summed E-state index contributed by atoms with van der Waals surface area (Å²) in [5.41, 5.74) is 7.66. The SMILES string of the molecule is Cc1ccc(CN2CCCC(C(=O)NCCN)C2)cn1. The zero-order valence-corrected chi connectivity index (χ0v) is 12.1. The Kier molecular flexibility index (Phi) is 5.49. The second-order valence-electron chi connectivity index (χ2n) is 5.46. The minimum Gasteiger partial charge on any atom is -0.355 e. The summed E-state index contributed by atoms with van der Waals surface area (Å²) >= 11 is 0. The topological polar surface area (TPSA) is 71.2 Å². The number of carbonyl (C=O) groups excluding carboxylic acids is 1. The van der Waals surface area contributed by atoms with Crippen LogP contribution in [0.3, 0.4) is 0 Å². The van der Waals surface area contributed by atoms with E-state index in [0.717, 1.165) is 38.2 Å². The van der Waals surface area contributed by atoms with Gasteiger partial charge in [-0.05, 0) is 37.9 Å². The van der Waals surface area contributed by atoms with E-state index in [9.17, 15) is 4.79 Å². The van der Waals surface area contributed by atoms with Gasteiger partial charge in [-0.3, -0.25) is 14.7 Å². The number of nitrogens with zero attached hydrogens (tertiary/aromatic N) is 2. The third-order valence-electron chi connectivity index (χ3n) is 3.70. The highest BCUT2D eigenvalue weighted by atomic mass is 16.1. The molecule has 1 atom stereocenters. The number of aromatic nitrogens is 1. The zero-order valence-electron chi connectivity index (χ0n) is 12.1. The van der Waals surface area contributed by atoms with E-state index in [4.69, 9.17) is 5.73 Å². The molecule has 5 nitrogen and oxygen atoms in total. The van der Waals surface area contributed by atoms with Crippen LogP contribution in [0.15, 0.2) is 18.3 Å². The lowest BCUT2D eigenvalue weighted by molar-refractivity contribution is -0.126. The van der Waals surface area contributed by atoms with Crippen LogP contribution in [0.4, 0.5) is 0 Å². The van der Waals surface area contributed by atoms with Crippen molar-refractivity contribution >= 4 is 5.91 Å². The molecular weight excluding hydrogens is 252 g/mol. The van der Waals surface area contributed by atoms with Crippen LogP contribution in [0.1, 0.15) is 24.1 Å². The molecule has 0 bridgehead atoms. The second kappa shape index (κ2) is 7.36. The molecule has 110 valence electrons. The lowest BCUT2D eigenvalue weighted by atomic mass is 9.97. The molecule has 0 saturated carbocycles. The Bertz CT molecular complexity index is 432. The average Bonchev–Trinajstić information content (AvgIpc) is 2.47. The smallest absolute Gasteiger partial charge is 0.224 e. The monoisotopic (exact) mass is 276 g/mol. The molecule has 20 heavy (non-hydrogen) atoms. The van der Waals surface area contributed by atoms with Crippen molar-refractivity contribution in [2.24, 2.45) is 11.7 Å². The van der Waals surface area contributed by atoms with Crippen LogP contribution in [0.5, 0.6) is 0 Å². The van der Waals surface area contributed by atoms with E-state index in [1.807, 2.05) is 19.2 Å². The number of amides is 1. The maximum Gasteiger partial charge on any atom is 0.224 e. The summed E-state index contributed by atoms with van der Waals surface area (Å²) in [7, 11) is 0. The number of hydrogen-bond acceptors (Lipinski definition) is 4. The highest BCUT2D eigenvalue weighted by Crippen LogP contribution is 2.18. The Morgan fingerprint density at radius 2 is 2.40 bits per heavy atom. The van der Waals surface area contributed by atoms with Crippen molar-refractivity contribution in [3.05, 3.63) is 29.6 Å². The molecule has 0 spiro atoms. The number of pyridine rings is 1. The van der Waals surface area contributed by atoms with E-state index >= 15 is 0 Å². The number of piperidine rings is 1.